The lowest BCUT2D eigenvalue weighted by Gasteiger charge is -2.21. The first-order valence-electron chi connectivity index (χ1n) is 6.48. The van der Waals surface area contributed by atoms with Crippen LogP contribution in [0.5, 0.6) is 0 Å². The van der Waals surface area contributed by atoms with Gasteiger partial charge in [-0.25, -0.2) is 4.39 Å². The van der Waals surface area contributed by atoms with Crippen LogP contribution in [0.25, 0.3) is 0 Å². The molecule has 1 fully saturated rings. The minimum Gasteiger partial charge on any atom is -0.348 e. The molecule has 19 heavy (non-hydrogen) atoms. The molecule has 1 aliphatic rings. The molecule has 104 valence electrons. The largest absolute Gasteiger partial charge is 0.348 e. The number of benzene rings is 1. The first-order valence-corrected chi connectivity index (χ1v) is 8.19. The monoisotopic (exact) mass is 391 g/mol. The molecular formula is C14H16Br2FNO. The minimum atomic E-state index is -0.413. The molecule has 1 amide bonds. The predicted molar refractivity (Wildman–Crippen MR) is 81.2 cm³/mol. The van der Waals surface area contributed by atoms with E-state index in [9.17, 15) is 9.18 Å². The van der Waals surface area contributed by atoms with E-state index in [1.807, 2.05) is 0 Å². The van der Waals surface area contributed by atoms with Crippen LogP contribution in [0.2, 0.25) is 0 Å². The smallest absolute Gasteiger partial charge is 0.252 e. The molecule has 0 saturated heterocycles. The molecule has 2 unspecified atom stereocenters. The van der Waals surface area contributed by atoms with Gasteiger partial charge in [-0.15, -0.1) is 0 Å². The van der Waals surface area contributed by atoms with E-state index in [1.54, 1.807) is 12.1 Å². The highest BCUT2D eigenvalue weighted by Crippen LogP contribution is 2.25. The number of amides is 1. The zero-order chi connectivity index (χ0) is 13.8. The quantitative estimate of drug-likeness (QED) is 0.586. The molecule has 1 N–H and O–H groups in total. The van der Waals surface area contributed by atoms with Crippen LogP contribution < -0.4 is 5.32 Å². The zero-order valence-electron chi connectivity index (χ0n) is 10.5. The highest BCUT2D eigenvalue weighted by Gasteiger charge is 2.24. The molecular weight excluding hydrogens is 377 g/mol. The third-order valence-electron chi connectivity index (χ3n) is 3.44. The van der Waals surface area contributed by atoms with Gasteiger partial charge in [0.2, 0.25) is 0 Å². The Hall–Kier alpha value is -0.420. The third-order valence-corrected chi connectivity index (χ3v) is 5.35. The van der Waals surface area contributed by atoms with Gasteiger partial charge in [0.1, 0.15) is 5.82 Å². The van der Waals surface area contributed by atoms with Crippen molar-refractivity contribution in [3.8, 4) is 0 Å². The van der Waals surface area contributed by atoms with Crippen LogP contribution >= 0.6 is 31.9 Å². The fourth-order valence-electron chi connectivity index (χ4n) is 2.35. The molecule has 0 radical (unpaired) electrons. The summed E-state index contributed by atoms with van der Waals surface area (Å²) in [5, 5.41) is 3.01. The van der Waals surface area contributed by atoms with Crippen LogP contribution in [-0.4, -0.2) is 16.8 Å². The Morgan fingerprint density at radius 3 is 2.79 bits per heavy atom. The predicted octanol–water partition coefficient (Wildman–Crippen LogP) is 4.41. The Labute approximate surface area is 129 Å². The molecule has 0 aromatic heterocycles. The summed E-state index contributed by atoms with van der Waals surface area (Å²) in [6.45, 7) is 0. The van der Waals surface area contributed by atoms with Gasteiger partial charge in [0.25, 0.3) is 5.91 Å². The van der Waals surface area contributed by atoms with Crippen molar-refractivity contribution in [2.75, 3.05) is 0 Å². The number of nitrogens with one attached hydrogen (secondary N) is 1. The molecule has 1 aromatic carbocycles. The van der Waals surface area contributed by atoms with E-state index in [2.05, 4.69) is 37.2 Å². The number of rotatable bonds is 2. The van der Waals surface area contributed by atoms with Gasteiger partial charge < -0.3 is 5.32 Å². The van der Waals surface area contributed by atoms with E-state index in [1.165, 1.54) is 18.9 Å². The summed E-state index contributed by atoms with van der Waals surface area (Å²) in [7, 11) is 0. The molecule has 2 nitrogen and oxygen atoms in total. The molecule has 0 aliphatic heterocycles. The van der Waals surface area contributed by atoms with Crippen molar-refractivity contribution in [3.63, 3.8) is 0 Å². The van der Waals surface area contributed by atoms with Crippen LogP contribution in [0.1, 0.15) is 42.5 Å². The normalized spacial score (nSPS) is 23.7. The van der Waals surface area contributed by atoms with Gasteiger partial charge in [0, 0.05) is 10.9 Å². The molecule has 1 aromatic rings. The van der Waals surface area contributed by atoms with Gasteiger partial charge in [-0.05, 0) is 40.9 Å². The molecule has 2 atom stereocenters. The van der Waals surface area contributed by atoms with E-state index in [-0.39, 0.29) is 16.4 Å². The van der Waals surface area contributed by atoms with E-state index >= 15 is 0 Å². The lowest BCUT2D eigenvalue weighted by molar-refractivity contribution is 0.0933. The highest BCUT2D eigenvalue weighted by molar-refractivity contribution is 9.10. The second kappa shape index (κ2) is 6.84. The van der Waals surface area contributed by atoms with Crippen molar-refractivity contribution < 1.29 is 9.18 Å². The van der Waals surface area contributed by atoms with Gasteiger partial charge in [-0.2, -0.15) is 0 Å². The molecule has 1 saturated carbocycles. The van der Waals surface area contributed by atoms with Gasteiger partial charge in [0.05, 0.1) is 10.0 Å². The maximum absolute atomic E-state index is 13.4. The Balaban J connectivity index is 2.09. The second-order valence-corrected chi connectivity index (χ2v) is 6.80. The van der Waals surface area contributed by atoms with Crippen molar-refractivity contribution in [1.82, 2.24) is 5.32 Å². The Kier molecular flexibility index (Phi) is 5.39. The Morgan fingerprint density at radius 1 is 1.26 bits per heavy atom. The third kappa shape index (κ3) is 3.78. The van der Waals surface area contributed by atoms with Crippen LogP contribution in [0.15, 0.2) is 22.7 Å². The topological polar surface area (TPSA) is 29.1 Å². The maximum Gasteiger partial charge on any atom is 0.252 e. The SMILES string of the molecule is O=C(NC1CCCCCC1Br)c1cccc(F)c1Br. The highest BCUT2D eigenvalue weighted by atomic mass is 79.9. The fraction of sp³-hybridized carbons (Fsp3) is 0.500. The number of alkyl halides is 1. The summed E-state index contributed by atoms with van der Waals surface area (Å²) < 4.78 is 13.7. The van der Waals surface area contributed by atoms with Crippen LogP contribution in [0, 0.1) is 5.82 Å². The lowest BCUT2D eigenvalue weighted by Crippen LogP contribution is -2.40. The summed E-state index contributed by atoms with van der Waals surface area (Å²) in [5.41, 5.74) is 0.351. The number of carbonyl (C=O) groups excluding carboxylic acids is 1. The van der Waals surface area contributed by atoms with Gasteiger partial charge in [-0.1, -0.05) is 41.3 Å². The van der Waals surface area contributed by atoms with Gasteiger partial charge >= 0.3 is 0 Å². The first-order chi connectivity index (χ1) is 9.09. The number of hydrogen-bond donors (Lipinski definition) is 1. The van der Waals surface area contributed by atoms with Crippen molar-refractivity contribution in [2.45, 2.75) is 43.0 Å². The average molecular weight is 393 g/mol. The van der Waals surface area contributed by atoms with E-state index in [0.717, 1.165) is 19.3 Å². The second-order valence-electron chi connectivity index (χ2n) is 4.84. The summed E-state index contributed by atoms with van der Waals surface area (Å²) >= 11 is 6.77. The van der Waals surface area contributed by atoms with Gasteiger partial charge in [-0.3, -0.25) is 4.79 Å². The average Bonchev–Trinajstić information content (AvgIpc) is 2.58. The van der Waals surface area contributed by atoms with E-state index in [4.69, 9.17) is 0 Å². The molecule has 0 heterocycles. The lowest BCUT2D eigenvalue weighted by atomic mass is 10.1. The maximum atomic E-state index is 13.4. The standard InChI is InChI=1S/C14H16Br2FNO/c15-10-6-2-1-3-8-12(10)18-14(19)9-5-4-7-11(17)13(9)16/h4-5,7,10,12H,1-3,6,8H2,(H,18,19). The van der Waals surface area contributed by atoms with E-state index in [0.29, 0.717) is 10.4 Å². The first kappa shape index (κ1) is 15.0. The Morgan fingerprint density at radius 2 is 2.00 bits per heavy atom. The summed E-state index contributed by atoms with van der Waals surface area (Å²) in [6.07, 6.45) is 5.55. The van der Waals surface area contributed by atoms with Crippen molar-refractivity contribution in [1.29, 1.82) is 0 Å². The zero-order valence-corrected chi connectivity index (χ0v) is 13.6. The number of halogens is 3. The summed E-state index contributed by atoms with van der Waals surface area (Å²) in [5.74, 6) is -0.633. The summed E-state index contributed by atoms with van der Waals surface area (Å²) in [6, 6.07) is 4.63. The molecule has 0 spiro atoms. The summed E-state index contributed by atoms with van der Waals surface area (Å²) in [4.78, 5) is 12.5. The molecule has 1 aliphatic carbocycles. The van der Waals surface area contributed by atoms with Crippen LogP contribution in [0.4, 0.5) is 4.39 Å². The van der Waals surface area contributed by atoms with Crippen molar-refractivity contribution in [3.05, 3.63) is 34.1 Å². The van der Waals surface area contributed by atoms with Crippen molar-refractivity contribution in [2.24, 2.45) is 0 Å². The minimum absolute atomic E-state index is 0.116. The fourth-order valence-corrected chi connectivity index (χ4v) is 3.51. The Bertz CT molecular complexity index is 467. The molecule has 5 heteroatoms. The van der Waals surface area contributed by atoms with Gasteiger partial charge in [0.15, 0.2) is 0 Å². The van der Waals surface area contributed by atoms with Crippen LogP contribution in [0.3, 0.4) is 0 Å². The van der Waals surface area contributed by atoms with E-state index < -0.39 is 5.82 Å². The molecule has 2 rings (SSSR count). The number of hydrogen-bond acceptors (Lipinski definition) is 1. The van der Waals surface area contributed by atoms with Crippen LogP contribution in [-0.2, 0) is 0 Å². The van der Waals surface area contributed by atoms with Crippen molar-refractivity contribution >= 4 is 37.8 Å². The number of carbonyl (C=O) groups is 1. The molecule has 0 bridgehead atoms.